The summed E-state index contributed by atoms with van der Waals surface area (Å²) in [5.74, 6) is -0.481. The highest BCUT2D eigenvalue weighted by Gasteiger charge is 2.28. The molecule has 3 heterocycles. The number of thiazole rings is 1. The molecule has 1 unspecified atom stereocenters. The molecule has 7 heteroatoms. The molecule has 0 spiro atoms. The summed E-state index contributed by atoms with van der Waals surface area (Å²) in [6.45, 7) is 1.61. The average molecular weight is 382 g/mol. The zero-order chi connectivity index (χ0) is 18.6. The van der Waals surface area contributed by atoms with E-state index in [1.54, 1.807) is 18.2 Å². The van der Waals surface area contributed by atoms with Crippen molar-refractivity contribution < 1.29 is 9.18 Å². The van der Waals surface area contributed by atoms with Crippen LogP contribution < -0.4 is 5.32 Å². The number of hydrogen-bond donors (Lipinski definition) is 1. The molecule has 5 nitrogen and oxygen atoms in total. The van der Waals surface area contributed by atoms with Gasteiger partial charge >= 0.3 is 0 Å². The Balaban J connectivity index is 1.43. The summed E-state index contributed by atoms with van der Waals surface area (Å²) in [5.41, 5.74) is 2.42. The molecule has 1 fully saturated rings. The predicted molar refractivity (Wildman–Crippen MR) is 103 cm³/mol. The Labute approximate surface area is 160 Å². The second-order valence-electron chi connectivity index (χ2n) is 6.49. The topological polar surface area (TPSA) is 58.1 Å². The van der Waals surface area contributed by atoms with Crippen molar-refractivity contribution in [2.75, 3.05) is 11.9 Å². The third kappa shape index (κ3) is 4.20. The number of pyridine rings is 1. The minimum absolute atomic E-state index is 0.157. The highest BCUT2D eigenvalue weighted by Crippen LogP contribution is 2.34. The number of hydrogen-bond acceptors (Lipinski definition) is 5. The molecule has 1 amide bonds. The lowest BCUT2D eigenvalue weighted by Gasteiger charge is -2.22. The van der Waals surface area contributed by atoms with E-state index in [-0.39, 0.29) is 17.8 Å². The molecule has 1 atom stereocenters. The van der Waals surface area contributed by atoms with Gasteiger partial charge in [0.15, 0.2) is 5.13 Å². The number of amides is 1. The SMILES string of the molecule is O=C(Nc1nc(C2CCCN2Cc2ccc(F)cn2)cs1)c1ccccc1. The van der Waals surface area contributed by atoms with Crippen molar-refractivity contribution in [3.05, 3.63) is 76.8 Å². The Kier molecular flexibility index (Phi) is 5.22. The lowest BCUT2D eigenvalue weighted by atomic mass is 10.1. The Morgan fingerprint density at radius 1 is 1.26 bits per heavy atom. The van der Waals surface area contributed by atoms with Gasteiger partial charge in [-0.15, -0.1) is 11.3 Å². The van der Waals surface area contributed by atoms with Crippen LogP contribution in [0.15, 0.2) is 54.0 Å². The highest BCUT2D eigenvalue weighted by molar-refractivity contribution is 7.14. The number of likely N-dealkylation sites (tertiary alicyclic amines) is 1. The van der Waals surface area contributed by atoms with E-state index >= 15 is 0 Å². The van der Waals surface area contributed by atoms with Crippen LogP contribution in [0, 0.1) is 5.82 Å². The predicted octanol–water partition coefficient (Wildman–Crippen LogP) is 4.27. The van der Waals surface area contributed by atoms with Crippen LogP contribution in [0.25, 0.3) is 0 Å². The summed E-state index contributed by atoms with van der Waals surface area (Å²) in [7, 11) is 0. The Bertz CT molecular complexity index is 913. The highest BCUT2D eigenvalue weighted by atomic mass is 32.1. The van der Waals surface area contributed by atoms with Crippen molar-refractivity contribution in [3.63, 3.8) is 0 Å². The van der Waals surface area contributed by atoms with Crippen LogP contribution in [0.2, 0.25) is 0 Å². The molecule has 1 aliphatic heterocycles. The lowest BCUT2D eigenvalue weighted by molar-refractivity contribution is 0.102. The van der Waals surface area contributed by atoms with Gasteiger partial charge in [0.2, 0.25) is 0 Å². The normalized spacial score (nSPS) is 17.1. The molecule has 1 aromatic carbocycles. The number of anilines is 1. The van der Waals surface area contributed by atoms with Crippen LogP contribution in [-0.4, -0.2) is 27.3 Å². The molecule has 3 aromatic rings. The Morgan fingerprint density at radius 3 is 2.89 bits per heavy atom. The zero-order valence-electron chi connectivity index (χ0n) is 14.6. The lowest BCUT2D eigenvalue weighted by Crippen LogP contribution is -2.23. The summed E-state index contributed by atoms with van der Waals surface area (Å²) < 4.78 is 13.1. The molecule has 2 aromatic heterocycles. The summed E-state index contributed by atoms with van der Waals surface area (Å²) >= 11 is 1.43. The number of carbonyl (C=O) groups is 1. The number of carbonyl (C=O) groups excluding carboxylic acids is 1. The smallest absolute Gasteiger partial charge is 0.257 e. The first-order chi connectivity index (χ1) is 13.2. The summed E-state index contributed by atoms with van der Waals surface area (Å²) in [4.78, 5) is 23.4. The zero-order valence-corrected chi connectivity index (χ0v) is 15.5. The van der Waals surface area contributed by atoms with Crippen LogP contribution in [0.5, 0.6) is 0 Å². The second-order valence-corrected chi connectivity index (χ2v) is 7.35. The first-order valence-corrected chi connectivity index (χ1v) is 9.73. The monoisotopic (exact) mass is 382 g/mol. The number of aromatic nitrogens is 2. The molecule has 27 heavy (non-hydrogen) atoms. The molecule has 0 saturated carbocycles. The minimum Gasteiger partial charge on any atom is -0.298 e. The third-order valence-electron chi connectivity index (χ3n) is 4.64. The minimum atomic E-state index is -0.324. The Morgan fingerprint density at radius 2 is 2.11 bits per heavy atom. The van der Waals surface area contributed by atoms with Gasteiger partial charge in [-0.2, -0.15) is 0 Å². The fourth-order valence-electron chi connectivity index (χ4n) is 3.31. The molecular formula is C20H19FN4OS. The molecule has 0 radical (unpaired) electrons. The van der Waals surface area contributed by atoms with Gasteiger partial charge in [0, 0.05) is 17.5 Å². The van der Waals surface area contributed by atoms with Gasteiger partial charge in [0.1, 0.15) is 5.82 Å². The van der Waals surface area contributed by atoms with Gasteiger partial charge in [-0.1, -0.05) is 18.2 Å². The van der Waals surface area contributed by atoms with Crippen molar-refractivity contribution in [3.8, 4) is 0 Å². The van der Waals surface area contributed by atoms with E-state index in [9.17, 15) is 9.18 Å². The maximum atomic E-state index is 13.1. The van der Waals surface area contributed by atoms with E-state index in [0.29, 0.717) is 17.2 Å². The van der Waals surface area contributed by atoms with Crippen molar-refractivity contribution in [1.82, 2.24) is 14.9 Å². The maximum Gasteiger partial charge on any atom is 0.257 e. The second kappa shape index (κ2) is 7.94. The van der Waals surface area contributed by atoms with Crippen molar-refractivity contribution in [2.45, 2.75) is 25.4 Å². The van der Waals surface area contributed by atoms with Gasteiger partial charge in [0.25, 0.3) is 5.91 Å². The van der Waals surface area contributed by atoms with Gasteiger partial charge in [-0.25, -0.2) is 9.37 Å². The fraction of sp³-hybridized carbons (Fsp3) is 0.250. The van der Waals surface area contributed by atoms with E-state index in [4.69, 9.17) is 0 Å². The molecule has 1 N–H and O–H groups in total. The number of halogens is 1. The van der Waals surface area contributed by atoms with E-state index < -0.39 is 0 Å². The summed E-state index contributed by atoms with van der Waals surface area (Å²) in [6.07, 6.45) is 3.34. The molecule has 0 bridgehead atoms. The maximum absolute atomic E-state index is 13.1. The van der Waals surface area contributed by atoms with E-state index in [1.165, 1.54) is 23.6 Å². The molecular weight excluding hydrogens is 363 g/mol. The summed E-state index contributed by atoms with van der Waals surface area (Å²) in [5, 5.41) is 5.47. The van der Waals surface area contributed by atoms with Crippen LogP contribution in [0.3, 0.4) is 0 Å². The molecule has 1 saturated heterocycles. The van der Waals surface area contributed by atoms with Crippen molar-refractivity contribution in [2.24, 2.45) is 0 Å². The van der Waals surface area contributed by atoms with Crippen LogP contribution in [0.1, 0.15) is 40.6 Å². The quantitative estimate of drug-likeness (QED) is 0.716. The first-order valence-electron chi connectivity index (χ1n) is 8.85. The first kappa shape index (κ1) is 17.8. The number of rotatable bonds is 5. The van der Waals surface area contributed by atoms with Gasteiger partial charge in [-0.3, -0.25) is 20.0 Å². The third-order valence-corrected chi connectivity index (χ3v) is 5.41. The van der Waals surface area contributed by atoms with E-state index in [1.807, 2.05) is 23.6 Å². The number of nitrogens with one attached hydrogen (secondary N) is 1. The molecule has 138 valence electrons. The molecule has 1 aliphatic rings. The van der Waals surface area contributed by atoms with Gasteiger partial charge in [-0.05, 0) is 43.7 Å². The summed E-state index contributed by atoms with van der Waals surface area (Å²) in [6, 6.07) is 12.4. The molecule has 4 rings (SSSR count). The number of benzene rings is 1. The van der Waals surface area contributed by atoms with E-state index in [2.05, 4.69) is 20.2 Å². The molecule has 0 aliphatic carbocycles. The van der Waals surface area contributed by atoms with Crippen molar-refractivity contribution in [1.29, 1.82) is 0 Å². The van der Waals surface area contributed by atoms with Crippen LogP contribution in [-0.2, 0) is 6.54 Å². The largest absolute Gasteiger partial charge is 0.298 e. The Hall–Kier alpha value is -2.64. The van der Waals surface area contributed by atoms with Crippen LogP contribution >= 0.6 is 11.3 Å². The van der Waals surface area contributed by atoms with Gasteiger partial charge < -0.3 is 0 Å². The van der Waals surface area contributed by atoms with Gasteiger partial charge in [0.05, 0.1) is 23.6 Å². The fourth-order valence-corrected chi connectivity index (χ4v) is 4.07. The standard InChI is InChI=1S/C20H19FN4OS/c21-15-8-9-16(22-11-15)12-25-10-4-7-18(25)17-13-27-20(23-17)24-19(26)14-5-2-1-3-6-14/h1-3,5-6,8-9,11,13,18H,4,7,10,12H2,(H,23,24,26). The van der Waals surface area contributed by atoms with E-state index in [0.717, 1.165) is 30.8 Å². The van der Waals surface area contributed by atoms with Crippen molar-refractivity contribution >= 4 is 22.4 Å². The number of nitrogens with zero attached hydrogens (tertiary/aromatic N) is 3. The van der Waals surface area contributed by atoms with Crippen LogP contribution in [0.4, 0.5) is 9.52 Å². The average Bonchev–Trinajstić information content (AvgIpc) is 3.33.